The second-order valence-corrected chi connectivity index (χ2v) is 5.89. The zero-order valence-electron chi connectivity index (χ0n) is 10.8. The van der Waals surface area contributed by atoms with Crippen LogP contribution in [0.2, 0.25) is 0 Å². The molecule has 2 unspecified atom stereocenters. The van der Waals surface area contributed by atoms with Gasteiger partial charge in [-0.25, -0.2) is 4.79 Å². The number of hydrogen-bond acceptors (Lipinski definition) is 4. The molecule has 0 spiro atoms. The second kappa shape index (κ2) is 7.63. The van der Waals surface area contributed by atoms with Gasteiger partial charge in [0.1, 0.15) is 6.04 Å². The number of carboxylic acids is 1. The molecule has 0 aliphatic carbocycles. The molecule has 1 aliphatic rings. The number of carboxylic acid groups (broad SMARTS) is 1. The smallest absolute Gasteiger partial charge is 0.327 e. The van der Waals surface area contributed by atoms with Crippen LogP contribution in [0.1, 0.15) is 26.2 Å². The van der Waals surface area contributed by atoms with Crippen LogP contribution in [0.15, 0.2) is 0 Å². The quantitative estimate of drug-likeness (QED) is 0.748. The monoisotopic (exact) mass is 274 g/mol. The van der Waals surface area contributed by atoms with Gasteiger partial charge in [0.15, 0.2) is 0 Å². The van der Waals surface area contributed by atoms with Crippen molar-refractivity contribution < 1.29 is 14.7 Å². The molecule has 104 valence electrons. The third kappa shape index (κ3) is 4.49. The van der Waals surface area contributed by atoms with Crippen molar-refractivity contribution in [3.8, 4) is 0 Å². The molecular weight excluding hydrogens is 252 g/mol. The van der Waals surface area contributed by atoms with Crippen molar-refractivity contribution in [3.63, 3.8) is 0 Å². The molecule has 2 atom stereocenters. The van der Waals surface area contributed by atoms with Crippen LogP contribution in [0, 0.1) is 5.92 Å². The summed E-state index contributed by atoms with van der Waals surface area (Å²) in [6.45, 7) is 3.25. The molecule has 0 radical (unpaired) electrons. The van der Waals surface area contributed by atoms with Crippen LogP contribution in [-0.2, 0) is 9.59 Å². The van der Waals surface area contributed by atoms with Crippen LogP contribution in [0.3, 0.4) is 0 Å². The number of amides is 1. The first-order valence-electron chi connectivity index (χ1n) is 6.36. The highest BCUT2D eigenvalue weighted by Gasteiger charge is 2.31. The van der Waals surface area contributed by atoms with E-state index in [1.54, 1.807) is 11.8 Å². The average molecular weight is 274 g/mol. The lowest BCUT2D eigenvalue weighted by atomic mass is 10.0. The molecule has 6 heteroatoms. The van der Waals surface area contributed by atoms with E-state index in [1.807, 2.05) is 0 Å². The predicted octanol–water partition coefficient (Wildman–Crippen LogP) is 0.780. The van der Waals surface area contributed by atoms with Gasteiger partial charge in [0.05, 0.1) is 0 Å². The van der Waals surface area contributed by atoms with Gasteiger partial charge in [0.2, 0.25) is 5.91 Å². The Balaban J connectivity index is 2.45. The Labute approximate surface area is 112 Å². The Morgan fingerprint density at radius 3 is 2.83 bits per heavy atom. The van der Waals surface area contributed by atoms with Crippen LogP contribution in [-0.4, -0.2) is 52.5 Å². The number of carbonyl (C=O) groups excluding carboxylic acids is 1. The molecule has 1 amide bonds. The first-order valence-corrected chi connectivity index (χ1v) is 7.51. The minimum Gasteiger partial charge on any atom is -0.480 e. The Kier molecular flexibility index (Phi) is 6.49. The van der Waals surface area contributed by atoms with E-state index in [0.717, 1.165) is 18.6 Å². The topological polar surface area (TPSA) is 83.6 Å². The summed E-state index contributed by atoms with van der Waals surface area (Å²) in [5.41, 5.74) is 5.46. The summed E-state index contributed by atoms with van der Waals surface area (Å²) in [6, 6.07) is -0.652. The van der Waals surface area contributed by atoms with Crippen molar-refractivity contribution >= 4 is 23.6 Å². The zero-order valence-corrected chi connectivity index (χ0v) is 11.6. The normalized spacial score (nSPS) is 21.7. The third-order valence-corrected chi connectivity index (χ3v) is 4.27. The van der Waals surface area contributed by atoms with Crippen LogP contribution in [0.25, 0.3) is 0 Å². The maximum Gasteiger partial charge on any atom is 0.327 e. The second-order valence-electron chi connectivity index (χ2n) is 4.74. The summed E-state index contributed by atoms with van der Waals surface area (Å²) >= 11 is 1.59. The van der Waals surface area contributed by atoms with Crippen LogP contribution < -0.4 is 5.73 Å². The lowest BCUT2D eigenvalue weighted by Gasteiger charge is -2.32. The lowest BCUT2D eigenvalue weighted by molar-refractivity contribution is -0.149. The molecule has 1 fully saturated rings. The highest BCUT2D eigenvalue weighted by molar-refractivity contribution is 7.99. The Morgan fingerprint density at radius 1 is 1.50 bits per heavy atom. The summed E-state index contributed by atoms with van der Waals surface area (Å²) in [5.74, 6) is 0.811. The van der Waals surface area contributed by atoms with Gasteiger partial charge in [-0.1, -0.05) is 6.92 Å². The molecule has 0 aromatic heterocycles. The van der Waals surface area contributed by atoms with Crippen molar-refractivity contribution in [1.82, 2.24) is 4.90 Å². The third-order valence-electron chi connectivity index (χ3n) is 3.24. The van der Waals surface area contributed by atoms with Crippen molar-refractivity contribution in [2.75, 3.05) is 24.6 Å². The Morgan fingerprint density at radius 2 is 2.22 bits per heavy atom. The summed E-state index contributed by atoms with van der Waals surface area (Å²) in [7, 11) is 0. The average Bonchev–Trinajstić information content (AvgIpc) is 2.36. The fourth-order valence-electron chi connectivity index (χ4n) is 2.05. The number of thioether (sulfide) groups is 1. The number of hydrogen-bond donors (Lipinski definition) is 2. The number of aliphatic carboxylic acids is 1. The van der Waals surface area contributed by atoms with Gasteiger partial charge in [-0.2, -0.15) is 11.8 Å². The minimum atomic E-state index is -0.898. The molecule has 0 aromatic rings. The maximum atomic E-state index is 12.0. The van der Waals surface area contributed by atoms with Gasteiger partial charge in [-0.15, -0.1) is 0 Å². The number of nitrogens with two attached hydrogens (primary N) is 1. The van der Waals surface area contributed by atoms with E-state index in [2.05, 4.69) is 6.92 Å². The van der Waals surface area contributed by atoms with Crippen molar-refractivity contribution in [1.29, 1.82) is 0 Å². The molecule has 1 rings (SSSR count). The number of carbonyl (C=O) groups is 2. The van der Waals surface area contributed by atoms with E-state index in [-0.39, 0.29) is 5.91 Å². The van der Waals surface area contributed by atoms with Gasteiger partial charge < -0.3 is 15.7 Å². The fourth-order valence-corrected chi connectivity index (χ4v) is 3.09. The predicted molar refractivity (Wildman–Crippen MR) is 72.5 cm³/mol. The van der Waals surface area contributed by atoms with Gasteiger partial charge in [0.25, 0.3) is 0 Å². The van der Waals surface area contributed by atoms with Crippen LogP contribution in [0.4, 0.5) is 0 Å². The van der Waals surface area contributed by atoms with Gasteiger partial charge in [-0.3, -0.25) is 4.79 Å². The standard InChI is InChI=1S/C12H22N2O3S/c1-9(4-5-13)2-3-11(15)14-6-7-18-8-10(14)12(16)17/h9-10H,2-8,13H2,1H3,(H,16,17). The minimum absolute atomic E-state index is 0.0356. The van der Waals surface area contributed by atoms with E-state index >= 15 is 0 Å². The van der Waals surface area contributed by atoms with Crippen molar-refractivity contribution in [3.05, 3.63) is 0 Å². The van der Waals surface area contributed by atoms with Crippen molar-refractivity contribution in [2.45, 2.75) is 32.2 Å². The molecule has 18 heavy (non-hydrogen) atoms. The molecule has 3 N–H and O–H groups in total. The van der Waals surface area contributed by atoms with Crippen LogP contribution in [0.5, 0.6) is 0 Å². The summed E-state index contributed by atoms with van der Waals surface area (Å²) in [5, 5.41) is 9.10. The zero-order chi connectivity index (χ0) is 13.5. The molecule has 1 aliphatic heterocycles. The highest BCUT2D eigenvalue weighted by Crippen LogP contribution is 2.19. The van der Waals surface area contributed by atoms with E-state index < -0.39 is 12.0 Å². The summed E-state index contributed by atoms with van der Waals surface area (Å²) in [6.07, 6.45) is 2.12. The fraction of sp³-hybridized carbons (Fsp3) is 0.833. The van der Waals surface area contributed by atoms with E-state index in [1.165, 1.54) is 4.90 Å². The van der Waals surface area contributed by atoms with E-state index in [4.69, 9.17) is 10.8 Å². The summed E-state index contributed by atoms with van der Waals surface area (Å²) < 4.78 is 0. The molecule has 0 bridgehead atoms. The number of rotatable bonds is 6. The first kappa shape index (κ1) is 15.3. The van der Waals surface area contributed by atoms with Gasteiger partial charge >= 0.3 is 5.97 Å². The molecule has 0 aromatic carbocycles. The first-order chi connectivity index (χ1) is 8.56. The SMILES string of the molecule is CC(CCN)CCC(=O)N1CCSCC1C(=O)O. The van der Waals surface area contributed by atoms with E-state index in [0.29, 0.717) is 31.2 Å². The van der Waals surface area contributed by atoms with Crippen molar-refractivity contribution in [2.24, 2.45) is 11.7 Å². The molecule has 0 saturated carbocycles. The number of nitrogens with zero attached hydrogens (tertiary/aromatic N) is 1. The highest BCUT2D eigenvalue weighted by atomic mass is 32.2. The Bertz CT molecular complexity index is 299. The van der Waals surface area contributed by atoms with Gasteiger partial charge in [-0.05, 0) is 25.3 Å². The molecule has 5 nitrogen and oxygen atoms in total. The Hall–Kier alpha value is -0.750. The van der Waals surface area contributed by atoms with E-state index in [9.17, 15) is 9.59 Å². The molecule has 1 saturated heterocycles. The maximum absolute atomic E-state index is 12.0. The molecule has 1 heterocycles. The lowest BCUT2D eigenvalue weighted by Crippen LogP contribution is -2.50. The molecular formula is C12H22N2O3S. The van der Waals surface area contributed by atoms with Gasteiger partial charge in [0, 0.05) is 24.5 Å². The van der Waals surface area contributed by atoms with Crippen LogP contribution >= 0.6 is 11.8 Å². The largest absolute Gasteiger partial charge is 0.480 e. The summed E-state index contributed by atoms with van der Waals surface area (Å²) in [4.78, 5) is 24.7.